The third-order valence-electron chi connectivity index (χ3n) is 1.82. The Balaban J connectivity index is 2.49. The Kier molecular flexibility index (Phi) is 1.74. The van der Waals surface area contributed by atoms with Crippen LogP contribution >= 0.6 is 0 Å². The van der Waals surface area contributed by atoms with E-state index in [-0.39, 0.29) is 0 Å². The number of nitrogens with one attached hydrogen (secondary N) is 1. The number of rotatable bonds is 2. The fraction of sp³-hybridized carbons (Fsp3) is 0.500. The van der Waals surface area contributed by atoms with E-state index in [2.05, 4.69) is 20.6 Å². The highest BCUT2D eigenvalue weighted by Crippen LogP contribution is 2.22. The van der Waals surface area contributed by atoms with Crippen LogP contribution < -0.4 is 5.43 Å². The Morgan fingerprint density at radius 1 is 1.46 bits per heavy atom. The standard InChI is InChI=1S/C6H9N5O2/c1-12-6(13-2)3-8-10-5-7-4-9-11(5)6/h3-4H,1-2H3,(H,7,9,10). The first-order valence-electron chi connectivity index (χ1n) is 3.63. The molecule has 0 bridgehead atoms. The lowest BCUT2D eigenvalue weighted by Gasteiger charge is -2.29. The van der Waals surface area contributed by atoms with Crippen molar-refractivity contribution in [3.8, 4) is 0 Å². The molecule has 1 aliphatic rings. The van der Waals surface area contributed by atoms with E-state index in [4.69, 9.17) is 9.47 Å². The van der Waals surface area contributed by atoms with E-state index in [1.165, 1.54) is 31.4 Å². The molecule has 2 heterocycles. The summed E-state index contributed by atoms with van der Waals surface area (Å²) in [6, 6.07) is 0. The number of hydrazone groups is 1. The van der Waals surface area contributed by atoms with E-state index in [1.807, 2.05) is 0 Å². The van der Waals surface area contributed by atoms with Gasteiger partial charge in [0.1, 0.15) is 12.5 Å². The molecule has 0 saturated heterocycles. The van der Waals surface area contributed by atoms with E-state index in [0.29, 0.717) is 5.95 Å². The van der Waals surface area contributed by atoms with Crippen LogP contribution in [0.15, 0.2) is 11.4 Å². The van der Waals surface area contributed by atoms with Crippen molar-refractivity contribution in [2.24, 2.45) is 5.10 Å². The second-order valence-corrected chi connectivity index (χ2v) is 2.40. The Morgan fingerprint density at radius 2 is 2.23 bits per heavy atom. The molecule has 1 aliphatic heterocycles. The van der Waals surface area contributed by atoms with Crippen molar-refractivity contribution in [1.82, 2.24) is 14.8 Å². The predicted molar refractivity (Wildman–Crippen MR) is 44.1 cm³/mol. The summed E-state index contributed by atoms with van der Waals surface area (Å²) in [5.41, 5.74) is 2.66. The molecule has 7 heteroatoms. The second kappa shape index (κ2) is 2.79. The van der Waals surface area contributed by atoms with E-state index >= 15 is 0 Å². The number of hydrogen-bond donors (Lipinski definition) is 1. The van der Waals surface area contributed by atoms with Gasteiger partial charge in [-0.05, 0) is 0 Å². The summed E-state index contributed by atoms with van der Waals surface area (Å²) in [5.74, 6) is -0.608. The smallest absolute Gasteiger partial charge is 0.314 e. The van der Waals surface area contributed by atoms with Gasteiger partial charge in [-0.25, -0.2) is 5.43 Å². The van der Waals surface area contributed by atoms with Crippen molar-refractivity contribution in [1.29, 1.82) is 0 Å². The number of hydrogen-bond acceptors (Lipinski definition) is 6. The van der Waals surface area contributed by atoms with Crippen LogP contribution in [-0.4, -0.2) is 35.2 Å². The summed E-state index contributed by atoms with van der Waals surface area (Å²) in [4.78, 5) is 3.91. The topological polar surface area (TPSA) is 73.6 Å². The third-order valence-corrected chi connectivity index (χ3v) is 1.82. The van der Waals surface area contributed by atoms with Crippen LogP contribution in [0, 0.1) is 0 Å². The number of fused-ring (bicyclic) bond motifs is 1. The Bertz CT molecular complexity index is 330. The first kappa shape index (κ1) is 8.14. The van der Waals surface area contributed by atoms with Gasteiger partial charge in [-0.3, -0.25) is 0 Å². The molecule has 0 unspecified atom stereocenters. The Labute approximate surface area is 74.4 Å². The monoisotopic (exact) mass is 183 g/mol. The molecule has 1 aromatic rings. The second-order valence-electron chi connectivity index (χ2n) is 2.40. The molecule has 0 saturated carbocycles. The lowest BCUT2D eigenvalue weighted by Crippen LogP contribution is -2.43. The minimum atomic E-state index is -1.09. The molecule has 0 radical (unpaired) electrons. The van der Waals surface area contributed by atoms with Crippen LogP contribution in [-0.2, 0) is 15.4 Å². The van der Waals surface area contributed by atoms with Crippen LogP contribution in [0.1, 0.15) is 0 Å². The average Bonchev–Trinajstić information content (AvgIpc) is 2.65. The first-order chi connectivity index (χ1) is 6.32. The van der Waals surface area contributed by atoms with Crippen molar-refractivity contribution in [3.63, 3.8) is 0 Å². The van der Waals surface area contributed by atoms with Gasteiger partial charge in [0.2, 0.25) is 5.95 Å². The largest absolute Gasteiger partial charge is 0.330 e. The van der Waals surface area contributed by atoms with Gasteiger partial charge in [-0.1, -0.05) is 0 Å². The van der Waals surface area contributed by atoms with Crippen LogP contribution in [0.2, 0.25) is 0 Å². The maximum absolute atomic E-state index is 5.16. The van der Waals surface area contributed by atoms with E-state index in [9.17, 15) is 0 Å². The summed E-state index contributed by atoms with van der Waals surface area (Å²) >= 11 is 0. The van der Waals surface area contributed by atoms with Crippen molar-refractivity contribution >= 4 is 12.2 Å². The molecule has 0 atom stereocenters. The molecule has 70 valence electrons. The number of methoxy groups -OCH3 is 2. The zero-order valence-corrected chi connectivity index (χ0v) is 7.26. The van der Waals surface area contributed by atoms with Gasteiger partial charge in [0.05, 0.1) is 0 Å². The maximum atomic E-state index is 5.16. The normalized spacial score (nSPS) is 18.0. The fourth-order valence-electron chi connectivity index (χ4n) is 1.13. The van der Waals surface area contributed by atoms with Gasteiger partial charge in [0, 0.05) is 14.2 Å². The van der Waals surface area contributed by atoms with Crippen molar-refractivity contribution < 1.29 is 9.47 Å². The van der Waals surface area contributed by atoms with Gasteiger partial charge in [-0.15, -0.1) is 0 Å². The highest BCUT2D eigenvalue weighted by atomic mass is 16.7. The van der Waals surface area contributed by atoms with Crippen molar-refractivity contribution in [3.05, 3.63) is 6.33 Å². The molecular weight excluding hydrogens is 174 g/mol. The Morgan fingerprint density at radius 3 is 2.92 bits per heavy atom. The number of aromatic nitrogens is 3. The minimum Gasteiger partial charge on any atom is -0.330 e. The molecule has 7 nitrogen and oxygen atoms in total. The zero-order chi connectivity index (χ0) is 9.31. The summed E-state index contributed by atoms with van der Waals surface area (Å²) in [6.07, 6.45) is 2.86. The highest BCUT2D eigenvalue weighted by molar-refractivity contribution is 5.67. The molecule has 0 aliphatic carbocycles. The molecule has 1 N–H and O–H groups in total. The molecule has 0 fully saturated rings. The van der Waals surface area contributed by atoms with Gasteiger partial charge < -0.3 is 9.47 Å². The fourth-order valence-corrected chi connectivity index (χ4v) is 1.13. The van der Waals surface area contributed by atoms with E-state index in [0.717, 1.165) is 0 Å². The average molecular weight is 183 g/mol. The number of nitrogens with zero attached hydrogens (tertiary/aromatic N) is 4. The summed E-state index contributed by atoms with van der Waals surface area (Å²) in [6.45, 7) is 0. The van der Waals surface area contributed by atoms with E-state index < -0.39 is 5.91 Å². The molecule has 1 aromatic heterocycles. The van der Waals surface area contributed by atoms with Crippen LogP contribution in [0.5, 0.6) is 0 Å². The predicted octanol–water partition coefficient (Wildman–Crippen LogP) is -0.408. The summed E-state index contributed by atoms with van der Waals surface area (Å²) < 4.78 is 11.8. The van der Waals surface area contributed by atoms with E-state index in [1.54, 1.807) is 0 Å². The SMILES string of the molecule is COC1(OC)C=NNc2ncnn21. The van der Waals surface area contributed by atoms with Crippen molar-refractivity contribution in [2.45, 2.75) is 5.91 Å². The maximum Gasteiger partial charge on any atom is 0.314 e. The third kappa shape index (κ3) is 1.01. The molecule has 0 aromatic carbocycles. The van der Waals surface area contributed by atoms with Gasteiger partial charge in [0.25, 0.3) is 0 Å². The first-order valence-corrected chi connectivity index (χ1v) is 3.63. The lowest BCUT2D eigenvalue weighted by atomic mass is 10.5. The minimum absolute atomic E-state index is 0.478. The zero-order valence-electron chi connectivity index (χ0n) is 7.26. The van der Waals surface area contributed by atoms with Gasteiger partial charge in [-0.2, -0.15) is 19.9 Å². The van der Waals surface area contributed by atoms with Crippen LogP contribution in [0.3, 0.4) is 0 Å². The lowest BCUT2D eigenvalue weighted by molar-refractivity contribution is -0.215. The van der Waals surface area contributed by atoms with Crippen molar-refractivity contribution in [2.75, 3.05) is 19.6 Å². The Hall–Kier alpha value is -1.47. The molecule has 2 rings (SSSR count). The molecular formula is C6H9N5O2. The quantitative estimate of drug-likeness (QED) is 0.631. The van der Waals surface area contributed by atoms with Crippen LogP contribution in [0.4, 0.5) is 5.95 Å². The molecule has 13 heavy (non-hydrogen) atoms. The molecule has 0 spiro atoms. The highest BCUT2D eigenvalue weighted by Gasteiger charge is 2.36. The van der Waals surface area contributed by atoms with Gasteiger partial charge >= 0.3 is 5.91 Å². The number of anilines is 1. The van der Waals surface area contributed by atoms with Gasteiger partial charge in [0.15, 0.2) is 0 Å². The summed E-state index contributed by atoms with van der Waals surface area (Å²) in [7, 11) is 3.01. The van der Waals surface area contributed by atoms with Crippen LogP contribution in [0.25, 0.3) is 0 Å². The summed E-state index contributed by atoms with van der Waals surface area (Å²) in [5, 5.41) is 7.79. The number of ether oxygens (including phenoxy) is 2. The molecule has 0 amide bonds.